The number of rotatable bonds is 6. The van der Waals surface area contributed by atoms with Crippen LogP contribution in [0.2, 0.25) is 0 Å². The van der Waals surface area contributed by atoms with Crippen LogP contribution in [0.3, 0.4) is 0 Å². The molecule has 0 aliphatic carbocycles. The summed E-state index contributed by atoms with van der Waals surface area (Å²) in [6.07, 6.45) is 0.257. The molecule has 2 heterocycles. The zero-order valence-electron chi connectivity index (χ0n) is 14.2. The fourth-order valence-corrected chi connectivity index (χ4v) is 3.47. The summed E-state index contributed by atoms with van der Waals surface area (Å²) in [7, 11) is 0. The molecular weight excluding hydrogens is 398 g/mol. The van der Waals surface area contributed by atoms with E-state index in [0.717, 1.165) is 49.0 Å². The molecule has 5 nitrogen and oxygen atoms in total. The minimum Gasteiger partial charge on any atom is -0.354 e. The van der Waals surface area contributed by atoms with Crippen molar-refractivity contribution in [3.8, 4) is 10.6 Å². The van der Waals surface area contributed by atoms with Gasteiger partial charge >= 0.3 is 0 Å². The van der Waals surface area contributed by atoms with Crippen LogP contribution in [0.25, 0.3) is 10.6 Å². The number of carbonyl (C=O) groups excluding carboxylic acids is 1. The lowest BCUT2D eigenvalue weighted by Crippen LogP contribution is -2.46. The summed E-state index contributed by atoms with van der Waals surface area (Å²) in [4.78, 5) is 18.8. The molecule has 1 amide bonds. The van der Waals surface area contributed by atoms with Crippen molar-refractivity contribution in [2.75, 3.05) is 39.3 Å². The Morgan fingerprint density at radius 2 is 2.08 bits per heavy atom. The average molecular weight is 421 g/mol. The first-order chi connectivity index (χ1) is 11.7. The summed E-state index contributed by atoms with van der Waals surface area (Å²) in [6.45, 7) is 5.60. The van der Waals surface area contributed by atoms with Gasteiger partial charge in [-0.25, -0.2) is 9.37 Å². The van der Waals surface area contributed by atoms with Gasteiger partial charge in [-0.05, 0) is 12.1 Å². The van der Waals surface area contributed by atoms with Crippen molar-refractivity contribution in [1.82, 2.24) is 20.5 Å². The summed E-state index contributed by atoms with van der Waals surface area (Å²) in [5, 5.41) is 8.84. The molecule has 2 aromatic rings. The average Bonchev–Trinajstić information content (AvgIpc) is 3.04. The third-order valence-corrected chi connectivity index (χ3v) is 4.86. The van der Waals surface area contributed by atoms with Crippen molar-refractivity contribution in [3.05, 3.63) is 41.2 Å². The van der Waals surface area contributed by atoms with Crippen LogP contribution in [-0.2, 0) is 11.2 Å². The Bertz CT molecular complexity index is 695. The lowest BCUT2D eigenvalue weighted by Gasteiger charge is -2.27. The molecule has 26 heavy (non-hydrogen) atoms. The zero-order valence-corrected chi connectivity index (χ0v) is 16.7. The molecule has 1 aromatic carbocycles. The predicted molar refractivity (Wildman–Crippen MR) is 108 cm³/mol. The molecule has 0 saturated carbocycles. The SMILES string of the molecule is Cl.Cl.O=C(Cc1csc(-c2cccc(F)c2)n1)NCCN1CCNCC1. The molecule has 0 radical (unpaired) electrons. The highest BCUT2D eigenvalue weighted by atomic mass is 35.5. The molecular formula is C17H23Cl2FN4OS. The Hall–Kier alpha value is -1.25. The largest absolute Gasteiger partial charge is 0.354 e. The van der Waals surface area contributed by atoms with Crippen LogP contribution in [0, 0.1) is 5.82 Å². The van der Waals surface area contributed by atoms with Gasteiger partial charge in [0.2, 0.25) is 5.91 Å². The number of nitrogens with zero attached hydrogens (tertiary/aromatic N) is 2. The molecule has 1 aliphatic heterocycles. The van der Waals surface area contributed by atoms with E-state index in [2.05, 4.69) is 20.5 Å². The minimum atomic E-state index is -0.282. The van der Waals surface area contributed by atoms with Crippen LogP contribution in [-0.4, -0.2) is 55.1 Å². The van der Waals surface area contributed by atoms with E-state index in [9.17, 15) is 9.18 Å². The number of thiazole rings is 1. The Kier molecular flexibility index (Phi) is 10.0. The third kappa shape index (κ3) is 6.81. The summed E-state index contributed by atoms with van der Waals surface area (Å²) >= 11 is 1.43. The highest BCUT2D eigenvalue weighted by Gasteiger charge is 2.11. The van der Waals surface area contributed by atoms with Gasteiger partial charge in [0.05, 0.1) is 12.1 Å². The van der Waals surface area contributed by atoms with Gasteiger partial charge in [-0.1, -0.05) is 12.1 Å². The first kappa shape index (κ1) is 22.8. The van der Waals surface area contributed by atoms with Crippen molar-refractivity contribution in [1.29, 1.82) is 0 Å². The fraction of sp³-hybridized carbons (Fsp3) is 0.412. The number of amides is 1. The second kappa shape index (κ2) is 11.5. The van der Waals surface area contributed by atoms with Crippen molar-refractivity contribution in [3.63, 3.8) is 0 Å². The first-order valence-electron chi connectivity index (χ1n) is 8.11. The number of hydrogen-bond acceptors (Lipinski definition) is 5. The van der Waals surface area contributed by atoms with Crippen LogP contribution in [0.1, 0.15) is 5.69 Å². The predicted octanol–water partition coefficient (Wildman–Crippen LogP) is 2.36. The molecule has 1 aromatic heterocycles. The molecule has 1 aliphatic rings. The highest BCUT2D eigenvalue weighted by molar-refractivity contribution is 7.13. The standard InChI is InChI=1S/C17H21FN4OS.2ClH/c18-14-3-1-2-13(10-14)17-21-15(12-24-17)11-16(23)20-6-9-22-7-4-19-5-8-22;;/h1-3,10,12,19H,4-9,11H2,(H,20,23);2*1H. The normalized spacial score (nSPS) is 14.2. The number of carbonyl (C=O) groups is 1. The van der Waals surface area contributed by atoms with Gasteiger partial charge in [0.1, 0.15) is 10.8 Å². The lowest BCUT2D eigenvalue weighted by atomic mass is 10.2. The quantitative estimate of drug-likeness (QED) is 0.752. The molecule has 1 saturated heterocycles. The van der Waals surface area contributed by atoms with Crippen LogP contribution in [0.5, 0.6) is 0 Å². The topological polar surface area (TPSA) is 57.3 Å². The molecule has 144 valence electrons. The second-order valence-corrected chi connectivity index (χ2v) is 6.63. The van der Waals surface area contributed by atoms with E-state index in [1.54, 1.807) is 6.07 Å². The summed E-state index contributed by atoms with van der Waals surface area (Å²) in [6, 6.07) is 6.34. The Labute approximate surface area is 169 Å². The van der Waals surface area contributed by atoms with Gasteiger partial charge in [-0.15, -0.1) is 36.2 Å². The van der Waals surface area contributed by atoms with Crippen LogP contribution >= 0.6 is 36.2 Å². The first-order valence-corrected chi connectivity index (χ1v) is 8.99. The number of hydrogen-bond donors (Lipinski definition) is 2. The van der Waals surface area contributed by atoms with Gasteiger partial charge in [-0.2, -0.15) is 0 Å². The Balaban J connectivity index is 0.00000169. The molecule has 3 rings (SSSR count). The molecule has 0 unspecified atom stereocenters. The van der Waals surface area contributed by atoms with E-state index in [1.165, 1.54) is 23.5 Å². The molecule has 0 bridgehead atoms. The van der Waals surface area contributed by atoms with Gasteiger partial charge in [0.25, 0.3) is 0 Å². The van der Waals surface area contributed by atoms with E-state index in [1.807, 2.05) is 11.4 Å². The number of halogens is 3. The zero-order chi connectivity index (χ0) is 16.8. The maximum Gasteiger partial charge on any atom is 0.226 e. The van der Waals surface area contributed by atoms with Gasteiger partial charge in [0.15, 0.2) is 0 Å². The molecule has 0 atom stereocenters. The molecule has 0 spiro atoms. The van der Waals surface area contributed by atoms with E-state index >= 15 is 0 Å². The minimum absolute atomic E-state index is 0. The molecule has 9 heteroatoms. The van der Waals surface area contributed by atoms with Gasteiger partial charge in [0, 0.05) is 50.2 Å². The van der Waals surface area contributed by atoms with Crippen LogP contribution in [0.4, 0.5) is 4.39 Å². The maximum absolute atomic E-state index is 13.3. The number of benzene rings is 1. The van der Waals surface area contributed by atoms with Gasteiger partial charge in [-0.3, -0.25) is 9.69 Å². The Morgan fingerprint density at radius 3 is 2.81 bits per heavy atom. The molecule has 1 fully saturated rings. The summed E-state index contributed by atoms with van der Waals surface area (Å²) < 4.78 is 13.3. The highest BCUT2D eigenvalue weighted by Crippen LogP contribution is 2.24. The van der Waals surface area contributed by atoms with E-state index in [0.29, 0.717) is 6.54 Å². The monoisotopic (exact) mass is 420 g/mol. The Morgan fingerprint density at radius 1 is 1.31 bits per heavy atom. The summed E-state index contributed by atoms with van der Waals surface area (Å²) in [5.41, 5.74) is 1.46. The van der Waals surface area contributed by atoms with Crippen molar-refractivity contribution in [2.45, 2.75) is 6.42 Å². The fourth-order valence-electron chi connectivity index (χ4n) is 2.66. The smallest absolute Gasteiger partial charge is 0.226 e. The van der Waals surface area contributed by atoms with Crippen LogP contribution in [0.15, 0.2) is 29.6 Å². The van der Waals surface area contributed by atoms with Crippen molar-refractivity contribution in [2.24, 2.45) is 0 Å². The number of aromatic nitrogens is 1. The van der Waals surface area contributed by atoms with Crippen molar-refractivity contribution < 1.29 is 9.18 Å². The third-order valence-electron chi connectivity index (χ3n) is 3.92. The number of piperazine rings is 1. The maximum atomic E-state index is 13.3. The number of nitrogens with one attached hydrogen (secondary N) is 2. The second-order valence-electron chi connectivity index (χ2n) is 5.77. The van der Waals surface area contributed by atoms with E-state index < -0.39 is 0 Å². The van der Waals surface area contributed by atoms with Gasteiger partial charge < -0.3 is 10.6 Å². The van der Waals surface area contributed by atoms with E-state index in [4.69, 9.17) is 0 Å². The summed E-state index contributed by atoms with van der Waals surface area (Å²) in [5.74, 6) is -0.309. The van der Waals surface area contributed by atoms with Crippen LogP contribution < -0.4 is 10.6 Å². The van der Waals surface area contributed by atoms with E-state index in [-0.39, 0.29) is 43.0 Å². The van der Waals surface area contributed by atoms with Crippen molar-refractivity contribution >= 4 is 42.1 Å². The lowest BCUT2D eigenvalue weighted by molar-refractivity contribution is -0.120. The molecule has 2 N–H and O–H groups in total.